The van der Waals surface area contributed by atoms with Crippen molar-refractivity contribution >= 4 is 34.4 Å². The van der Waals surface area contributed by atoms with Crippen LogP contribution in [-0.2, 0) is 4.79 Å². The van der Waals surface area contributed by atoms with Crippen LogP contribution in [0.25, 0.3) is 11.0 Å². The molecule has 0 bridgehead atoms. The number of pyridine rings is 2. The minimum Gasteiger partial charge on any atom is -0.310 e. The van der Waals surface area contributed by atoms with E-state index >= 15 is 0 Å². The lowest BCUT2D eigenvalue weighted by atomic mass is 9.85. The topological polar surface area (TPSA) is 54.9 Å². The van der Waals surface area contributed by atoms with Crippen LogP contribution >= 0.6 is 11.6 Å². The van der Waals surface area contributed by atoms with Gasteiger partial charge in [0.15, 0.2) is 5.65 Å². The number of carbonyl (C=O) groups excluding carboxylic acids is 1. The summed E-state index contributed by atoms with van der Waals surface area (Å²) >= 11 is 5.82. The molecule has 2 aromatic heterocycles. The third kappa shape index (κ3) is 2.16. The van der Waals surface area contributed by atoms with Gasteiger partial charge in [0, 0.05) is 11.3 Å². The van der Waals surface area contributed by atoms with Gasteiger partial charge in [-0.1, -0.05) is 18.0 Å². The second kappa shape index (κ2) is 4.53. The van der Waals surface area contributed by atoms with Crippen molar-refractivity contribution in [3.63, 3.8) is 0 Å². The number of carbonyl (C=O) groups is 1. The molecular weight excluding hydrogens is 250 g/mol. The van der Waals surface area contributed by atoms with Gasteiger partial charge in [0.2, 0.25) is 5.91 Å². The van der Waals surface area contributed by atoms with Crippen LogP contribution in [0.3, 0.4) is 0 Å². The lowest BCUT2D eigenvalue weighted by Crippen LogP contribution is -2.28. The molecule has 0 atom stereocenters. The normalized spacial score (nSPS) is 15.4. The fourth-order valence-electron chi connectivity index (χ4n) is 1.94. The molecule has 92 valence electrons. The summed E-state index contributed by atoms with van der Waals surface area (Å²) in [5.74, 6) is 0.735. The van der Waals surface area contributed by atoms with Gasteiger partial charge in [0.25, 0.3) is 0 Å². The number of nitrogens with one attached hydrogen (secondary N) is 1. The molecule has 1 saturated carbocycles. The van der Waals surface area contributed by atoms with Gasteiger partial charge in [-0.3, -0.25) is 4.79 Å². The SMILES string of the molecule is O=C(Nc1ccc2ccc(Cl)nc2n1)C1CCC1. The van der Waals surface area contributed by atoms with E-state index in [4.69, 9.17) is 11.6 Å². The number of nitrogens with zero attached hydrogens (tertiary/aromatic N) is 2. The molecule has 2 aromatic rings. The first-order valence-corrected chi connectivity index (χ1v) is 6.34. The predicted molar refractivity (Wildman–Crippen MR) is 70.5 cm³/mol. The van der Waals surface area contributed by atoms with E-state index < -0.39 is 0 Å². The van der Waals surface area contributed by atoms with Crippen molar-refractivity contribution in [2.24, 2.45) is 5.92 Å². The molecule has 18 heavy (non-hydrogen) atoms. The maximum atomic E-state index is 11.8. The van der Waals surface area contributed by atoms with Gasteiger partial charge in [-0.15, -0.1) is 0 Å². The van der Waals surface area contributed by atoms with E-state index in [1.54, 1.807) is 12.1 Å². The summed E-state index contributed by atoms with van der Waals surface area (Å²) in [6.45, 7) is 0. The highest BCUT2D eigenvalue weighted by molar-refractivity contribution is 6.29. The van der Waals surface area contributed by atoms with Gasteiger partial charge in [-0.25, -0.2) is 9.97 Å². The van der Waals surface area contributed by atoms with E-state index in [1.807, 2.05) is 12.1 Å². The zero-order valence-corrected chi connectivity index (χ0v) is 10.4. The van der Waals surface area contributed by atoms with Crippen LogP contribution in [0.15, 0.2) is 24.3 Å². The summed E-state index contributed by atoms with van der Waals surface area (Å²) in [5.41, 5.74) is 0.550. The zero-order chi connectivity index (χ0) is 12.5. The summed E-state index contributed by atoms with van der Waals surface area (Å²) in [6.07, 6.45) is 3.09. The average molecular weight is 262 g/mol. The molecule has 1 amide bonds. The third-order valence-electron chi connectivity index (χ3n) is 3.25. The molecule has 0 aliphatic heterocycles. The van der Waals surface area contributed by atoms with Gasteiger partial charge in [-0.05, 0) is 37.1 Å². The summed E-state index contributed by atoms with van der Waals surface area (Å²) in [4.78, 5) is 20.2. The Morgan fingerprint density at radius 3 is 2.72 bits per heavy atom. The Hall–Kier alpha value is -1.68. The van der Waals surface area contributed by atoms with Crippen LogP contribution in [0.1, 0.15) is 19.3 Å². The molecule has 2 heterocycles. The smallest absolute Gasteiger partial charge is 0.228 e. The van der Waals surface area contributed by atoms with Gasteiger partial charge in [-0.2, -0.15) is 0 Å². The van der Waals surface area contributed by atoms with Crippen molar-refractivity contribution in [2.75, 3.05) is 5.32 Å². The predicted octanol–water partition coefficient (Wildman–Crippen LogP) is 3.02. The number of fused-ring (bicyclic) bond motifs is 1. The van der Waals surface area contributed by atoms with E-state index in [0.29, 0.717) is 16.6 Å². The Bertz CT molecular complexity index is 610. The molecular formula is C13H12ClN3O. The fraction of sp³-hybridized carbons (Fsp3) is 0.308. The minimum atomic E-state index is 0.0510. The summed E-state index contributed by atoms with van der Waals surface area (Å²) in [5, 5.41) is 4.13. The monoisotopic (exact) mass is 261 g/mol. The number of hydrogen-bond acceptors (Lipinski definition) is 3. The molecule has 0 saturated heterocycles. The van der Waals surface area contributed by atoms with Crippen molar-refractivity contribution in [2.45, 2.75) is 19.3 Å². The molecule has 3 rings (SSSR count). The standard InChI is InChI=1S/C13H12ClN3O/c14-10-6-4-8-5-7-11(16-12(8)15-10)17-13(18)9-2-1-3-9/h4-7,9H,1-3H2,(H,15,16,17,18). The maximum absolute atomic E-state index is 11.8. The molecule has 1 aliphatic rings. The maximum Gasteiger partial charge on any atom is 0.228 e. The highest BCUT2D eigenvalue weighted by Crippen LogP contribution is 2.27. The van der Waals surface area contributed by atoms with Crippen molar-refractivity contribution in [1.29, 1.82) is 0 Å². The number of halogens is 1. The zero-order valence-electron chi connectivity index (χ0n) is 9.69. The van der Waals surface area contributed by atoms with Crippen LogP contribution < -0.4 is 5.32 Å². The summed E-state index contributed by atoms with van der Waals surface area (Å²) in [6, 6.07) is 7.24. The first-order valence-electron chi connectivity index (χ1n) is 5.96. The quantitative estimate of drug-likeness (QED) is 0.846. The average Bonchev–Trinajstić information content (AvgIpc) is 2.25. The van der Waals surface area contributed by atoms with Crippen molar-refractivity contribution < 1.29 is 4.79 Å². The Morgan fingerprint density at radius 1 is 1.22 bits per heavy atom. The lowest BCUT2D eigenvalue weighted by Gasteiger charge is -2.23. The molecule has 0 unspecified atom stereocenters. The van der Waals surface area contributed by atoms with Crippen molar-refractivity contribution in [3.8, 4) is 0 Å². The molecule has 1 N–H and O–H groups in total. The Kier molecular flexibility index (Phi) is 2.88. The van der Waals surface area contributed by atoms with Crippen LogP contribution in [0.5, 0.6) is 0 Å². The second-order valence-electron chi connectivity index (χ2n) is 4.49. The van der Waals surface area contributed by atoms with Crippen molar-refractivity contribution in [1.82, 2.24) is 9.97 Å². The first kappa shape index (κ1) is 11.4. The number of amides is 1. The van der Waals surface area contributed by atoms with E-state index in [1.165, 1.54) is 0 Å². The number of anilines is 1. The number of aromatic nitrogens is 2. The van der Waals surface area contributed by atoms with Gasteiger partial charge < -0.3 is 5.32 Å². The van der Waals surface area contributed by atoms with Crippen LogP contribution in [0.4, 0.5) is 5.82 Å². The number of hydrogen-bond donors (Lipinski definition) is 1. The van der Waals surface area contributed by atoms with Crippen molar-refractivity contribution in [3.05, 3.63) is 29.4 Å². The molecule has 5 heteroatoms. The summed E-state index contributed by atoms with van der Waals surface area (Å²) in [7, 11) is 0. The second-order valence-corrected chi connectivity index (χ2v) is 4.88. The number of rotatable bonds is 2. The Labute approximate surface area is 109 Å². The summed E-state index contributed by atoms with van der Waals surface area (Å²) < 4.78 is 0. The Balaban J connectivity index is 1.85. The fourth-order valence-corrected chi connectivity index (χ4v) is 2.09. The van der Waals surface area contributed by atoms with Gasteiger partial charge in [0.05, 0.1) is 0 Å². The van der Waals surface area contributed by atoms with Crippen LogP contribution in [-0.4, -0.2) is 15.9 Å². The van der Waals surface area contributed by atoms with E-state index in [9.17, 15) is 4.79 Å². The van der Waals surface area contributed by atoms with E-state index in [-0.39, 0.29) is 11.8 Å². The first-order chi connectivity index (χ1) is 8.72. The van der Waals surface area contributed by atoms with Crippen LogP contribution in [0, 0.1) is 5.92 Å². The van der Waals surface area contributed by atoms with Crippen LogP contribution in [0.2, 0.25) is 5.15 Å². The molecule has 0 radical (unpaired) electrons. The molecule has 0 spiro atoms. The van der Waals surface area contributed by atoms with Gasteiger partial charge in [0.1, 0.15) is 11.0 Å². The highest BCUT2D eigenvalue weighted by Gasteiger charge is 2.25. The van der Waals surface area contributed by atoms with E-state index in [0.717, 1.165) is 24.6 Å². The third-order valence-corrected chi connectivity index (χ3v) is 3.46. The lowest BCUT2D eigenvalue weighted by molar-refractivity contribution is -0.122. The largest absolute Gasteiger partial charge is 0.310 e. The minimum absolute atomic E-state index is 0.0510. The highest BCUT2D eigenvalue weighted by atomic mass is 35.5. The molecule has 1 aliphatic carbocycles. The van der Waals surface area contributed by atoms with Gasteiger partial charge >= 0.3 is 0 Å². The van der Waals surface area contributed by atoms with E-state index in [2.05, 4.69) is 15.3 Å². The molecule has 1 fully saturated rings. The Morgan fingerprint density at radius 2 is 2.00 bits per heavy atom. The molecule has 0 aromatic carbocycles. The molecule has 4 nitrogen and oxygen atoms in total.